The normalized spacial score (nSPS) is 23.1. The second kappa shape index (κ2) is 9.03. The number of hydrogen-bond donors (Lipinski definition) is 1. The van der Waals surface area contributed by atoms with E-state index in [1.54, 1.807) is 7.11 Å². The van der Waals surface area contributed by atoms with Crippen molar-refractivity contribution in [2.45, 2.75) is 13.0 Å². The average Bonchev–Trinajstić information content (AvgIpc) is 2.03. The van der Waals surface area contributed by atoms with Crippen LogP contribution >= 0.6 is 24.8 Å². The van der Waals surface area contributed by atoms with Crippen LogP contribution in [0.15, 0.2) is 0 Å². The van der Waals surface area contributed by atoms with E-state index in [1.165, 1.54) is 0 Å². The van der Waals surface area contributed by atoms with Gasteiger partial charge in [0.1, 0.15) is 0 Å². The molecule has 0 aliphatic carbocycles. The van der Waals surface area contributed by atoms with E-state index >= 15 is 0 Å². The molecular formula is C8H20Cl2N2O. The Hall–Kier alpha value is 0.460. The summed E-state index contributed by atoms with van der Waals surface area (Å²) in [5.41, 5.74) is 0. The van der Waals surface area contributed by atoms with E-state index in [0.29, 0.717) is 6.04 Å². The van der Waals surface area contributed by atoms with Gasteiger partial charge in [0.25, 0.3) is 0 Å². The van der Waals surface area contributed by atoms with Crippen LogP contribution in [0, 0.1) is 0 Å². The number of halogens is 2. The average molecular weight is 231 g/mol. The number of piperazine rings is 1. The molecule has 1 saturated heterocycles. The van der Waals surface area contributed by atoms with Gasteiger partial charge in [-0.3, -0.25) is 4.90 Å². The molecule has 1 heterocycles. The van der Waals surface area contributed by atoms with Crippen molar-refractivity contribution < 1.29 is 4.74 Å². The van der Waals surface area contributed by atoms with Crippen LogP contribution in [-0.2, 0) is 4.74 Å². The molecular weight excluding hydrogens is 211 g/mol. The maximum Gasteiger partial charge on any atom is 0.0589 e. The van der Waals surface area contributed by atoms with Crippen molar-refractivity contribution in [1.82, 2.24) is 10.2 Å². The first-order valence-corrected chi connectivity index (χ1v) is 4.28. The zero-order valence-corrected chi connectivity index (χ0v) is 9.92. The van der Waals surface area contributed by atoms with Crippen molar-refractivity contribution in [1.29, 1.82) is 0 Å². The molecule has 13 heavy (non-hydrogen) atoms. The summed E-state index contributed by atoms with van der Waals surface area (Å²) in [6.07, 6.45) is 0. The van der Waals surface area contributed by atoms with Crippen LogP contribution in [0.25, 0.3) is 0 Å². The van der Waals surface area contributed by atoms with Gasteiger partial charge in [0.2, 0.25) is 0 Å². The maximum absolute atomic E-state index is 5.03. The lowest BCUT2D eigenvalue weighted by Gasteiger charge is -2.33. The van der Waals surface area contributed by atoms with Crippen LogP contribution in [0.3, 0.4) is 0 Å². The summed E-state index contributed by atoms with van der Waals surface area (Å²) in [5, 5.41) is 3.36. The molecule has 0 saturated carbocycles. The Bertz CT molecular complexity index is 116. The Morgan fingerprint density at radius 2 is 2.15 bits per heavy atom. The summed E-state index contributed by atoms with van der Waals surface area (Å²) in [6.45, 7) is 7.56. The topological polar surface area (TPSA) is 24.5 Å². The number of ether oxygens (including phenoxy) is 1. The molecule has 0 unspecified atom stereocenters. The lowest BCUT2D eigenvalue weighted by Crippen LogP contribution is -2.50. The van der Waals surface area contributed by atoms with Crippen LogP contribution in [0.2, 0.25) is 0 Å². The van der Waals surface area contributed by atoms with Crippen molar-refractivity contribution in [3.63, 3.8) is 0 Å². The van der Waals surface area contributed by atoms with Gasteiger partial charge in [-0.2, -0.15) is 0 Å². The van der Waals surface area contributed by atoms with Crippen molar-refractivity contribution in [3.05, 3.63) is 0 Å². The number of methoxy groups -OCH3 is 1. The summed E-state index contributed by atoms with van der Waals surface area (Å²) >= 11 is 0. The number of nitrogens with one attached hydrogen (secondary N) is 1. The quantitative estimate of drug-likeness (QED) is 0.776. The molecule has 0 amide bonds. The van der Waals surface area contributed by atoms with E-state index in [1.807, 2.05) is 0 Å². The Balaban J connectivity index is 0. The molecule has 0 spiro atoms. The molecule has 5 heteroatoms. The fraction of sp³-hybridized carbons (Fsp3) is 1.00. The monoisotopic (exact) mass is 230 g/mol. The van der Waals surface area contributed by atoms with Gasteiger partial charge < -0.3 is 10.1 Å². The molecule has 1 atom stereocenters. The lowest BCUT2D eigenvalue weighted by atomic mass is 10.2. The molecule has 1 aliphatic rings. The molecule has 0 aromatic rings. The van der Waals surface area contributed by atoms with Gasteiger partial charge in [-0.25, -0.2) is 0 Å². The first-order valence-electron chi connectivity index (χ1n) is 4.28. The zero-order valence-electron chi connectivity index (χ0n) is 8.28. The Morgan fingerprint density at radius 3 is 2.69 bits per heavy atom. The minimum atomic E-state index is 0. The van der Waals surface area contributed by atoms with Crippen LogP contribution in [0.1, 0.15) is 6.92 Å². The van der Waals surface area contributed by atoms with Crippen LogP contribution in [0.4, 0.5) is 0 Å². The summed E-state index contributed by atoms with van der Waals surface area (Å²) in [5.74, 6) is 0. The lowest BCUT2D eigenvalue weighted by molar-refractivity contribution is 0.110. The molecule has 1 rings (SSSR count). The molecule has 0 aromatic heterocycles. The first kappa shape index (κ1) is 15.9. The van der Waals surface area contributed by atoms with E-state index in [0.717, 1.165) is 32.8 Å². The maximum atomic E-state index is 5.03. The number of hydrogen-bond acceptors (Lipinski definition) is 3. The highest BCUT2D eigenvalue weighted by Crippen LogP contribution is 2.00. The van der Waals surface area contributed by atoms with Gasteiger partial charge in [0, 0.05) is 39.3 Å². The van der Waals surface area contributed by atoms with Crippen molar-refractivity contribution >= 4 is 24.8 Å². The molecule has 82 valence electrons. The van der Waals surface area contributed by atoms with Gasteiger partial charge in [-0.15, -0.1) is 24.8 Å². The number of rotatable bonds is 3. The van der Waals surface area contributed by atoms with Gasteiger partial charge in [-0.1, -0.05) is 0 Å². The van der Waals surface area contributed by atoms with Crippen LogP contribution in [0.5, 0.6) is 0 Å². The summed E-state index contributed by atoms with van der Waals surface area (Å²) < 4.78 is 5.03. The zero-order chi connectivity index (χ0) is 8.10. The first-order chi connectivity index (χ1) is 5.34. The number of nitrogens with zero attached hydrogens (tertiary/aromatic N) is 1. The van der Waals surface area contributed by atoms with E-state index in [-0.39, 0.29) is 24.8 Å². The fourth-order valence-electron chi connectivity index (χ4n) is 1.42. The van der Waals surface area contributed by atoms with Gasteiger partial charge in [0.05, 0.1) is 6.61 Å². The predicted octanol–water partition coefficient (Wildman–Crippen LogP) is 0.770. The minimum absolute atomic E-state index is 0. The third-order valence-corrected chi connectivity index (χ3v) is 2.22. The molecule has 1 fully saturated rings. The molecule has 0 radical (unpaired) electrons. The van der Waals surface area contributed by atoms with E-state index in [9.17, 15) is 0 Å². The third-order valence-electron chi connectivity index (χ3n) is 2.22. The SMILES string of the molecule is COCCN1CCNC[C@@H]1C.Cl.Cl. The van der Waals surface area contributed by atoms with E-state index in [4.69, 9.17) is 4.74 Å². The Labute approximate surface area is 93.0 Å². The minimum Gasteiger partial charge on any atom is -0.383 e. The molecule has 1 N–H and O–H groups in total. The standard InChI is InChI=1S/C8H18N2O.2ClH/c1-8-7-9-3-4-10(8)5-6-11-2;;/h8-9H,3-7H2,1-2H3;2*1H/t8-;;/m0../s1. The highest BCUT2D eigenvalue weighted by Gasteiger charge is 2.16. The van der Waals surface area contributed by atoms with Crippen molar-refractivity contribution in [2.24, 2.45) is 0 Å². The molecule has 3 nitrogen and oxygen atoms in total. The molecule has 0 bridgehead atoms. The van der Waals surface area contributed by atoms with Crippen molar-refractivity contribution in [3.8, 4) is 0 Å². The van der Waals surface area contributed by atoms with E-state index < -0.39 is 0 Å². The van der Waals surface area contributed by atoms with Crippen molar-refractivity contribution in [2.75, 3.05) is 39.9 Å². The molecule has 1 aliphatic heterocycles. The van der Waals surface area contributed by atoms with Gasteiger partial charge in [0.15, 0.2) is 0 Å². The van der Waals surface area contributed by atoms with Crippen LogP contribution < -0.4 is 5.32 Å². The second-order valence-corrected chi connectivity index (χ2v) is 3.08. The Kier molecular flexibility index (Phi) is 11.1. The Morgan fingerprint density at radius 1 is 1.46 bits per heavy atom. The highest BCUT2D eigenvalue weighted by molar-refractivity contribution is 5.85. The third kappa shape index (κ3) is 5.70. The van der Waals surface area contributed by atoms with E-state index in [2.05, 4.69) is 17.1 Å². The predicted molar refractivity (Wildman–Crippen MR) is 60.3 cm³/mol. The summed E-state index contributed by atoms with van der Waals surface area (Å²) in [7, 11) is 1.76. The second-order valence-electron chi connectivity index (χ2n) is 3.08. The largest absolute Gasteiger partial charge is 0.383 e. The smallest absolute Gasteiger partial charge is 0.0589 e. The van der Waals surface area contributed by atoms with Gasteiger partial charge in [-0.05, 0) is 6.92 Å². The highest BCUT2D eigenvalue weighted by atomic mass is 35.5. The molecule has 0 aromatic carbocycles. The summed E-state index contributed by atoms with van der Waals surface area (Å²) in [4.78, 5) is 2.46. The fourth-order valence-corrected chi connectivity index (χ4v) is 1.42. The van der Waals surface area contributed by atoms with Crippen LogP contribution in [-0.4, -0.2) is 50.8 Å². The van der Waals surface area contributed by atoms with Gasteiger partial charge >= 0.3 is 0 Å². The summed E-state index contributed by atoms with van der Waals surface area (Å²) in [6, 6.07) is 0.666.